The van der Waals surface area contributed by atoms with E-state index < -0.39 is 0 Å². The number of benzene rings is 2. The number of hydrogen-bond donors (Lipinski definition) is 1. The molecule has 1 N–H and O–H groups in total. The first kappa shape index (κ1) is 15.3. The van der Waals surface area contributed by atoms with Crippen LogP contribution in [0.25, 0.3) is 0 Å². The zero-order valence-electron chi connectivity index (χ0n) is 13.4. The highest BCUT2D eigenvalue weighted by Gasteiger charge is 2.38. The summed E-state index contributed by atoms with van der Waals surface area (Å²) in [6.45, 7) is 4.25. The maximum absolute atomic E-state index is 6.06. The quantitative estimate of drug-likeness (QED) is 0.719. The summed E-state index contributed by atoms with van der Waals surface area (Å²) >= 11 is 6.06. The van der Waals surface area contributed by atoms with Crippen LogP contribution in [0.5, 0.6) is 5.75 Å². The molecule has 2 aliphatic rings. The van der Waals surface area contributed by atoms with Gasteiger partial charge in [0.25, 0.3) is 0 Å². The summed E-state index contributed by atoms with van der Waals surface area (Å²) in [5.41, 5.74) is 3.69. The molecule has 0 aromatic heterocycles. The Morgan fingerprint density at radius 1 is 1.21 bits per heavy atom. The second kappa shape index (κ2) is 6.37. The zero-order valence-corrected chi connectivity index (χ0v) is 14.2. The van der Waals surface area contributed by atoms with E-state index in [1.54, 1.807) is 6.08 Å². The topological polar surface area (TPSA) is 21.3 Å². The Kier molecular flexibility index (Phi) is 4.07. The minimum absolute atomic E-state index is 0.253. The molecule has 1 aliphatic carbocycles. The van der Waals surface area contributed by atoms with Gasteiger partial charge in [-0.05, 0) is 41.7 Å². The predicted octanol–water partition coefficient (Wildman–Crippen LogP) is 5.73. The van der Waals surface area contributed by atoms with Gasteiger partial charge in [-0.2, -0.15) is 0 Å². The van der Waals surface area contributed by atoms with E-state index in [0.717, 1.165) is 22.9 Å². The first-order chi connectivity index (χ1) is 11.8. The Bertz CT molecular complexity index is 781. The van der Waals surface area contributed by atoms with Crippen molar-refractivity contribution in [2.45, 2.75) is 18.4 Å². The predicted molar refractivity (Wildman–Crippen MR) is 99.9 cm³/mol. The van der Waals surface area contributed by atoms with Crippen LogP contribution in [0, 0.1) is 5.92 Å². The summed E-state index contributed by atoms with van der Waals surface area (Å²) in [5, 5.41) is 4.51. The average Bonchev–Trinajstić information content (AvgIpc) is 3.10. The largest absolute Gasteiger partial charge is 0.487 e. The number of allylic oxidation sites excluding steroid dienone is 2. The van der Waals surface area contributed by atoms with Crippen molar-refractivity contribution < 1.29 is 4.74 Å². The molecule has 3 heteroatoms. The van der Waals surface area contributed by atoms with E-state index in [-0.39, 0.29) is 6.04 Å². The maximum atomic E-state index is 6.06. The molecule has 0 bridgehead atoms. The Morgan fingerprint density at radius 3 is 2.83 bits per heavy atom. The number of fused-ring (bicyclic) bond motifs is 3. The monoisotopic (exact) mass is 337 g/mol. The van der Waals surface area contributed by atoms with Crippen molar-refractivity contribution in [3.63, 3.8) is 0 Å². The van der Waals surface area contributed by atoms with Crippen LogP contribution in [0.1, 0.15) is 29.5 Å². The van der Waals surface area contributed by atoms with Gasteiger partial charge in [-0.25, -0.2) is 0 Å². The number of nitrogens with one attached hydrogen (secondary N) is 1. The SMILES string of the molecule is C=CCOc1cccc2c1NC(c1ccc(Cl)cc1)C1CC=CC21. The van der Waals surface area contributed by atoms with Gasteiger partial charge < -0.3 is 10.1 Å². The van der Waals surface area contributed by atoms with E-state index in [1.807, 2.05) is 18.2 Å². The fraction of sp³-hybridized carbons (Fsp3) is 0.238. The third-order valence-electron chi connectivity index (χ3n) is 4.94. The van der Waals surface area contributed by atoms with E-state index in [9.17, 15) is 0 Å². The molecule has 1 aliphatic heterocycles. The van der Waals surface area contributed by atoms with Gasteiger partial charge in [0.2, 0.25) is 0 Å². The molecule has 0 amide bonds. The van der Waals surface area contributed by atoms with E-state index in [0.29, 0.717) is 18.4 Å². The van der Waals surface area contributed by atoms with Crippen LogP contribution in [-0.2, 0) is 0 Å². The number of para-hydroxylation sites is 1. The molecule has 3 unspecified atom stereocenters. The lowest BCUT2D eigenvalue weighted by atomic mass is 9.77. The molecule has 2 aromatic rings. The van der Waals surface area contributed by atoms with Gasteiger partial charge in [-0.1, -0.05) is 60.7 Å². The first-order valence-corrected chi connectivity index (χ1v) is 8.71. The third-order valence-corrected chi connectivity index (χ3v) is 5.20. The van der Waals surface area contributed by atoms with Crippen LogP contribution in [0.4, 0.5) is 5.69 Å². The van der Waals surface area contributed by atoms with Crippen molar-refractivity contribution >= 4 is 17.3 Å². The van der Waals surface area contributed by atoms with Crippen LogP contribution >= 0.6 is 11.6 Å². The van der Waals surface area contributed by atoms with Gasteiger partial charge in [0.05, 0.1) is 11.7 Å². The third kappa shape index (κ3) is 2.61. The minimum Gasteiger partial charge on any atom is -0.487 e. The van der Waals surface area contributed by atoms with E-state index in [4.69, 9.17) is 16.3 Å². The molecule has 3 atom stereocenters. The number of hydrogen-bond acceptors (Lipinski definition) is 2. The number of anilines is 1. The molecule has 4 rings (SSSR count). The van der Waals surface area contributed by atoms with Gasteiger partial charge in [-0.15, -0.1) is 0 Å². The van der Waals surface area contributed by atoms with Crippen molar-refractivity contribution in [1.82, 2.24) is 0 Å². The highest BCUT2D eigenvalue weighted by atomic mass is 35.5. The van der Waals surface area contributed by atoms with E-state index >= 15 is 0 Å². The van der Waals surface area contributed by atoms with Gasteiger partial charge in [0.15, 0.2) is 0 Å². The Labute approximate surface area is 147 Å². The summed E-state index contributed by atoms with van der Waals surface area (Å²) in [5.74, 6) is 1.84. The van der Waals surface area contributed by atoms with Crippen molar-refractivity contribution in [1.29, 1.82) is 0 Å². The maximum Gasteiger partial charge on any atom is 0.143 e. The van der Waals surface area contributed by atoms with Crippen molar-refractivity contribution in [3.05, 3.63) is 83.4 Å². The molecule has 0 fully saturated rings. The summed E-state index contributed by atoms with van der Waals surface area (Å²) in [6.07, 6.45) is 7.50. The number of rotatable bonds is 4. The summed E-state index contributed by atoms with van der Waals surface area (Å²) < 4.78 is 5.88. The first-order valence-electron chi connectivity index (χ1n) is 8.33. The average molecular weight is 338 g/mol. The molecule has 2 aromatic carbocycles. The van der Waals surface area contributed by atoms with Crippen LogP contribution in [0.3, 0.4) is 0 Å². The number of ether oxygens (including phenoxy) is 1. The fourth-order valence-corrected chi connectivity index (χ4v) is 3.99. The molecule has 1 heterocycles. The van der Waals surface area contributed by atoms with Crippen LogP contribution in [0.2, 0.25) is 5.02 Å². The Balaban J connectivity index is 1.76. The zero-order chi connectivity index (χ0) is 16.5. The Hall–Kier alpha value is -2.19. The smallest absolute Gasteiger partial charge is 0.143 e. The molecular formula is C21H20ClNO. The Morgan fingerprint density at radius 2 is 2.04 bits per heavy atom. The molecule has 0 spiro atoms. The van der Waals surface area contributed by atoms with Gasteiger partial charge >= 0.3 is 0 Å². The normalized spacial score (nSPS) is 24.0. The van der Waals surface area contributed by atoms with Crippen LogP contribution < -0.4 is 10.1 Å². The summed E-state index contributed by atoms with van der Waals surface area (Å²) in [6, 6.07) is 14.7. The molecule has 0 saturated heterocycles. The summed E-state index contributed by atoms with van der Waals surface area (Å²) in [7, 11) is 0. The lowest BCUT2D eigenvalue weighted by Gasteiger charge is -2.38. The lowest BCUT2D eigenvalue weighted by molar-refractivity contribution is 0.358. The highest BCUT2D eigenvalue weighted by Crippen LogP contribution is 2.52. The molecule has 122 valence electrons. The molecule has 24 heavy (non-hydrogen) atoms. The van der Waals surface area contributed by atoms with Crippen molar-refractivity contribution in [2.24, 2.45) is 5.92 Å². The van der Waals surface area contributed by atoms with Crippen LogP contribution in [-0.4, -0.2) is 6.61 Å². The fourth-order valence-electron chi connectivity index (χ4n) is 3.86. The van der Waals surface area contributed by atoms with Gasteiger partial charge in [0.1, 0.15) is 12.4 Å². The van der Waals surface area contributed by atoms with E-state index in [2.05, 4.69) is 48.3 Å². The second-order valence-corrected chi connectivity index (χ2v) is 6.78. The van der Waals surface area contributed by atoms with Crippen LogP contribution in [0.15, 0.2) is 67.3 Å². The van der Waals surface area contributed by atoms with E-state index in [1.165, 1.54) is 11.1 Å². The molecule has 2 nitrogen and oxygen atoms in total. The summed E-state index contributed by atoms with van der Waals surface area (Å²) in [4.78, 5) is 0. The van der Waals surface area contributed by atoms with Gasteiger partial charge in [0, 0.05) is 10.9 Å². The minimum atomic E-state index is 0.253. The molecule has 0 radical (unpaired) electrons. The molecule has 0 saturated carbocycles. The molecular weight excluding hydrogens is 318 g/mol. The lowest BCUT2D eigenvalue weighted by Crippen LogP contribution is -2.29. The highest BCUT2D eigenvalue weighted by molar-refractivity contribution is 6.30. The van der Waals surface area contributed by atoms with Crippen molar-refractivity contribution in [2.75, 3.05) is 11.9 Å². The van der Waals surface area contributed by atoms with Gasteiger partial charge in [-0.3, -0.25) is 0 Å². The second-order valence-electron chi connectivity index (χ2n) is 6.35. The van der Waals surface area contributed by atoms with Crippen molar-refractivity contribution in [3.8, 4) is 5.75 Å². The standard InChI is InChI=1S/C21H20ClNO/c1-2-13-24-19-8-4-7-18-16-5-3-6-17(16)20(23-21(18)19)14-9-11-15(22)12-10-14/h2-5,7-12,16-17,20,23H,1,6,13H2. The number of halogens is 1.